The van der Waals surface area contributed by atoms with E-state index < -0.39 is 0 Å². The molecule has 3 N–H and O–H groups in total. The van der Waals surface area contributed by atoms with E-state index in [1.165, 1.54) is 60.9 Å². The van der Waals surface area contributed by atoms with Crippen molar-refractivity contribution in [2.75, 3.05) is 26.7 Å². The van der Waals surface area contributed by atoms with Crippen molar-refractivity contribution in [1.29, 1.82) is 0 Å². The predicted octanol–water partition coefficient (Wildman–Crippen LogP) is 13.4. The highest BCUT2D eigenvalue weighted by Gasteiger charge is 2.32. The first-order valence-electron chi connectivity index (χ1n) is 20.7. The van der Waals surface area contributed by atoms with Gasteiger partial charge in [-0.15, -0.1) is 0 Å². The third-order valence-electron chi connectivity index (χ3n) is 10.9. The summed E-state index contributed by atoms with van der Waals surface area (Å²) < 4.78 is 0. The fourth-order valence-corrected chi connectivity index (χ4v) is 6.49. The van der Waals surface area contributed by atoms with Gasteiger partial charge in [-0.2, -0.15) is 0 Å². The molecule has 0 radical (unpaired) electrons. The van der Waals surface area contributed by atoms with Gasteiger partial charge in [-0.1, -0.05) is 138 Å². The summed E-state index contributed by atoms with van der Waals surface area (Å²) in [5.74, 6) is 0. The van der Waals surface area contributed by atoms with E-state index in [9.17, 15) is 0 Å². The SMILES string of the molecule is C=C(CCCCC(CCCCC(=C)NCCC(=C)C(C)(C)C)(CCCCC(=C)N(C)CCC(=C)C(C)(C)C)NC(C)(C)C)NCCC(=C)C(C)(C)C. The third kappa shape index (κ3) is 23.5. The van der Waals surface area contributed by atoms with Crippen LogP contribution in [-0.2, 0) is 0 Å². The highest BCUT2D eigenvalue weighted by Crippen LogP contribution is 2.33. The van der Waals surface area contributed by atoms with E-state index in [2.05, 4.69) is 150 Å². The molecular weight excluding hydrogens is 633 g/mol. The van der Waals surface area contributed by atoms with Crippen molar-refractivity contribution in [1.82, 2.24) is 20.9 Å². The highest BCUT2D eigenvalue weighted by molar-refractivity contribution is 5.08. The van der Waals surface area contributed by atoms with Crippen LogP contribution in [0, 0.1) is 16.2 Å². The van der Waals surface area contributed by atoms with Crippen LogP contribution in [0.3, 0.4) is 0 Å². The summed E-state index contributed by atoms with van der Waals surface area (Å²) >= 11 is 0. The molecule has 0 saturated carbocycles. The molecule has 0 heterocycles. The topological polar surface area (TPSA) is 39.3 Å². The molecule has 0 aliphatic carbocycles. The Hall–Kier alpha value is -2.20. The number of nitrogens with zero attached hydrogens (tertiary/aromatic N) is 1. The number of nitrogens with one attached hydrogen (secondary N) is 3. The molecule has 0 amide bonds. The van der Waals surface area contributed by atoms with Crippen LogP contribution in [0.2, 0.25) is 0 Å². The summed E-state index contributed by atoms with van der Waals surface area (Å²) in [4.78, 5) is 2.34. The van der Waals surface area contributed by atoms with Gasteiger partial charge in [0.15, 0.2) is 0 Å². The van der Waals surface area contributed by atoms with E-state index in [0.717, 1.165) is 88.8 Å². The molecule has 0 rings (SSSR count). The van der Waals surface area contributed by atoms with Crippen LogP contribution in [-0.4, -0.2) is 42.7 Å². The van der Waals surface area contributed by atoms with E-state index in [0.29, 0.717) is 0 Å². The van der Waals surface area contributed by atoms with Crippen LogP contribution in [0.5, 0.6) is 0 Å². The maximum absolute atomic E-state index is 4.47. The van der Waals surface area contributed by atoms with Crippen molar-refractivity contribution in [3.63, 3.8) is 0 Å². The average molecular weight is 723 g/mol. The van der Waals surface area contributed by atoms with Gasteiger partial charge in [0.25, 0.3) is 0 Å². The molecular formula is C48H90N4. The number of hydrogen-bond acceptors (Lipinski definition) is 4. The normalized spacial score (nSPS) is 12.7. The van der Waals surface area contributed by atoms with Gasteiger partial charge in [0, 0.05) is 54.9 Å². The van der Waals surface area contributed by atoms with Crippen molar-refractivity contribution in [3.8, 4) is 0 Å². The molecule has 0 atom stereocenters. The summed E-state index contributed by atoms with van der Waals surface area (Å²) in [5.41, 5.74) is 8.05. The fraction of sp³-hybridized carbons (Fsp3) is 0.750. The summed E-state index contributed by atoms with van der Waals surface area (Å²) in [5, 5.41) is 11.3. The first kappa shape index (κ1) is 49.8. The minimum atomic E-state index is 0.0421. The van der Waals surface area contributed by atoms with Crippen LogP contribution >= 0.6 is 0 Å². The monoisotopic (exact) mass is 723 g/mol. The van der Waals surface area contributed by atoms with Gasteiger partial charge < -0.3 is 20.9 Å². The zero-order valence-electron chi connectivity index (χ0n) is 37.4. The molecule has 0 aromatic rings. The Bertz CT molecular complexity index is 1070. The number of unbranched alkanes of at least 4 members (excludes halogenated alkanes) is 3. The third-order valence-corrected chi connectivity index (χ3v) is 10.9. The van der Waals surface area contributed by atoms with E-state index in [-0.39, 0.29) is 27.3 Å². The Balaban J connectivity index is 5.40. The van der Waals surface area contributed by atoms with E-state index in [1.807, 2.05) is 0 Å². The molecule has 0 aliphatic heterocycles. The van der Waals surface area contributed by atoms with Crippen LogP contribution in [0.25, 0.3) is 0 Å². The second-order valence-electron chi connectivity index (χ2n) is 20.1. The summed E-state index contributed by atoms with van der Waals surface area (Å²) in [7, 11) is 2.19. The molecule has 0 fully saturated rings. The highest BCUT2D eigenvalue weighted by atomic mass is 15.1. The zero-order chi connectivity index (χ0) is 40.4. The molecule has 0 bridgehead atoms. The Labute approximate surface area is 326 Å². The predicted molar refractivity (Wildman–Crippen MR) is 237 cm³/mol. The van der Waals surface area contributed by atoms with Crippen molar-refractivity contribution < 1.29 is 0 Å². The molecule has 0 unspecified atom stereocenters. The number of allylic oxidation sites excluding steroid dienone is 3. The minimum absolute atomic E-state index is 0.0421. The maximum Gasteiger partial charge on any atom is 0.0208 e. The van der Waals surface area contributed by atoms with Gasteiger partial charge in [-0.3, -0.25) is 0 Å². The molecule has 4 heteroatoms. The van der Waals surface area contributed by atoms with E-state index >= 15 is 0 Å². The lowest BCUT2D eigenvalue weighted by Crippen LogP contribution is -2.54. The Kier molecular flexibility index (Phi) is 21.9. The van der Waals surface area contributed by atoms with Crippen LogP contribution < -0.4 is 16.0 Å². The average Bonchev–Trinajstić information content (AvgIpc) is 2.99. The first-order chi connectivity index (χ1) is 23.7. The lowest BCUT2D eigenvalue weighted by molar-refractivity contribution is 0.184. The molecule has 0 aliphatic rings. The standard InChI is InChI=1S/C48H90N4/c1-38(44(7,8)9)29-35-49-41(4)26-20-23-32-48(51-47(16,17)18,33-24-21-27-42(5)50-36-30-39(2)45(10,11)12)34-25-22-28-43(6)52(19)37-31-40(3)46(13,14)15/h49-51H,1-6,20-37H2,7-19H3. The van der Waals surface area contributed by atoms with Gasteiger partial charge in [-0.05, 0) is 114 Å². The second-order valence-corrected chi connectivity index (χ2v) is 20.1. The smallest absolute Gasteiger partial charge is 0.0208 e. The zero-order valence-corrected chi connectivity index (χ0v) is 37.4. The molecule has 0 aromatic carbocycles. The molecule has 52 heavy (non-hydrogen) atoms. The summed E-state index contributed by atoms with van der Waals surface area (Å²) in [6, 6.07) is 0. The fourth-order valence-electron chi connectivity index (χ4n) is 6.49. The summed E-state index contributed by atoms with van der Waals surface area (Å²) in [6.07, 6.45) is 16.7. The molecule has 0 saturated heterocycles. The first-order valence-corrected chi connectivity index (χ1v) is 20.7. The lowest BCUT2D eigenvalue weighted by atomic mass is 9.80. The number of hydrogen-bond donors (Lipinski definition) is 3. The number of rotatable bonds is 28. The minimum Gasteiger partial charge on any atom is -0.388 e. The van der Waals surface area contributed by atoms with Gasteiger partial charge in [0.2, 0.25) is 0 Å². The van der Waals surface area contributed by atoms with Crippen LogP contribution in [0.15, 0.2) is 73.3 Å². The van der Waals surface area contributed by atoms with Gasteiger partial charge in [0.1, 0.15) is 0 Å². The van der Waals surface area contributed by atoms with Crippen molar-refractivity contribution in [2.24, 2.45) is 16.2 Å². The molecule has 0 aromatic heterocycles. The van der Waals surface area contributed by atoms with Crippen molar-refractivity contribution in [3.05, 3.63) is 73.3 Å². The Morgan fingerprint density at radius 2 is 0.808 bits per heavy atom. The van der Waals surface area contributed by atoms with Gasteiger partial charge in [0.05, 0.1) is 0 Å². The van der Waals surface area contributed by atoms with Gasteiger partial charge in [-0.25, -0.2) is 0 Å². The quantitative estimate of drug-likeness (QED) is 0.0555. The second kappa shape index (κ2) is 22.9. The van der Waals surface area contributed by atoms with Crippen molar-refractivity contribution >= 4 is 0 Å². The van der Waals surface area contributed by atoms with Crippen LogP contribution in [0.4, 0.5) is 0 Å². The maximum atomic E-state index is 4.47. The van der Waals surface area contributed by atoms with E-state index in [1.54, 1.807) is 0 Å². The Morgan fingerprint density at radius 1 is 0.462 bits per heavy atom. The van der Waals surface area contributed by atoms with Crippen LogP contribution in [0.1, 0.15) is 179 Å². The molecule has 4 nitrogen and oxygen atoms in total. The molecule has 0 spiro atoms. The van der Waals surface area contributed by atoms with E-state index in [4.69, 9.17) is 0 Å². The van der Waals surface area contributed by atoms with Gasteiger partial charge >= 0.3 is 0 Å². The lowest BCUT2D eigenvalue weighted by Gasteiger charge is -2.42. The summed E-state index contributed by atoms with van der Waals surface area (Å²) in [6.45, 7) is 56.1. The molecule has 302 valence electrons. The largest absolute Gasteiger partial charge is 0.388 e. The Morgan fingerprint density at radius 3 is 1.15 bits per heavy atom. The van der Waals surface area contributed by atoms with Crippen molar-refractivity contribution in [2.45, 2.75) is 190 Å².